The lowest BCUT2D eigenvalue weighted by molar-refractivity contribution is -0.119. The number of nitrogens with two attached hydrogens (primary N) is 1. The molecular formula is C16H26ClN3O4S. The molecule has 4 N–H and O–H groups in total. The van der Waals surface area contributed by atoms with Crippen LogP contribution in [0, 0.1) is 5.92 Å². The third-order valence-electron chi connectivity index (χ3n) is 3.61. The number of sulfonamides is 1. The molecule has 0 radical (unpaired) electrons. The van der Waals surface area contributed by atoms with E-state index in [9.17, 15) is 13.2 Å². The number of halogens is 1. The Morgan fingerprint density at radius 1 is 1.28 bits per heavy atom. The number of carbonyl (C=O) groups is 1. The van der Waals surface area contributed by atoms with Crippen molar-refractivity contribution in [3.8, 4) is 5.75 Å². The number of carbonyl (C=O) groups excluding carboxylic acids is 1. The highest BCUT2D eigenvalue weighted by Crippen LogP contribution is 2.32. The molecule has 9 heteroatoms. The summed E-state index contributed by atoms with van der Waals surface area (Å²) in [5, 5.41) is 2.70. The van der Waals surface area contributed by atoms with Gasteiger partial charge in [0.1, 0.15) is 11.5 Å². The topological polar surface area (TPSA) is 111 Å². The number of nitrogens with one attached hydrogen (secondary N) is 2. The Labute approximate surface area is 155 Å². The van der Waals surface area contributed by atoms with Gasteiger partial charge >= 0.3 is 0 Å². The molecule has 7 nitrogen and oxygen atoms in total. The van der Waals surface area contributed by atoms with E-state index < -0.39 is 21.7 Å². The molecule has 0 bridgehead atoms. The van der Waals surface area contributed by atoms with Crippen LogP contribution in [-0.2, 0) is 14.8 Å². The zero-order valence-corrected chi connectivity index (χ0v) is 16.0. The van der Waals surface area contributed by atoms with Crippen molar-refractivity contribution in [1.82, 2.24) is 5.32 Å². The molecule has 0 aliphatic heterocycles. The summed E-state index contributed by atoms with van der Waals surface area (Å²) in [6.45, 7) is 4.14. The highest BCUT2D eigenvalue weighted by Gasteiger charge is 2.32. The highest BCUT2D eigenvalue weighted by atomic mass is 35.5. The van der Waals surface area contributed by atoms with Crippen LogP contribution in [0.3, 0.4) is 0 Å². The van der Waals surface area contributed by atoms with E-state index in [1.54, 1.807) is 24.3 Å². The van der Waals surface area contributed by atoms with Crippen molar-refractivity contribution in [1.29, 1.82) is 0 Å². The molecule has 1 amide bonds. The molecule has 2 rings (SSSR count). The van der Waals surface area contributed by atoms with E-state index >= 15 is 0 Å². The Kier molecular flexibility index (Phi) is 7.98. The number of anilines is 1. The van der Waals surface area contributed by atoms with Crippen LogP contribution in [-0.4, -0.2) is 38.8 Å². The molecule has 0 heterocycles. The number of amides is 1. The van der Waals surface area contributed by atoms with Gasteiger partial charge in [0.05, 0.1) is 6.10 Å². The van der Waals surface area contributed by atoms with Gasteiger partial charge in [0, 0.05) is 18.3 Å². The van der Waals surface area contributed by atoms with Gasteiger partial charge in [-0.15, -0.1) is 12.4 Å². The second-order valence-electron chi connectivity index (χ2n) is 6.30. The summed E-state index contributed by atoms with van der Waals surface area (Å²) in [6, 6.07) is 6.41. The van der Waals surface area contributed by atoms with Crippen molar-refractivity contribution >= 4 is 34.0 Å². The fraction of sp³-hybridized carbons (Fsp3) is 0.562. The number of ether oxygens (including phenoxy) is 1. The Morgan fingerprint density at radius 2 is 1.88 bits per heavy atom. The predicted molar refractivity (Wildman–Crippen MR) is 101 cm³/mol. The summed E-state index contributed by atoms with van der Waals surface area (Å²) in [5.74, 6) is -0.130. The average molecular weight is 392 g/mol. The van der Waals surface area contributed by atoms with Crippen LogP contribution in [0.2, 0.25) is 0 Å². The smallest absolute Gasteiger partial charge is 0.241 e. The molecule has 1 aromatic carbocycles. The van der Waals surface area contributed by atoms with Crippen molar-refractivity contribution in [3.63, 3.8) is 0 Å². The quantitative estimate of drug-likeness (QED) is 0.590. The number of benzene rings is 1. The van der Waals surface area contributed by atoms with Gasteiger partial charge in [-0.1, -0.05) is 0 Å². The van der Waals surface area contributed by atoms with E-state index in [1.807, 2.05) is 13.8 Å². The van der Waals surface area contributed by atoms with Crippen LogP contribution in [0.4, 0.5) is 5.69 Å². The first-order valence-corrected chi connectivity index (χ1v) is 9.71. The first-order valence-electron chi connectivity index (χ1n) is 8.05. The van der Waals surface area contributed by atoms with Gasteiger partial charge in [-0.05, 0) is 56.9 Å². The molecular weight excluding hydrogens is 366 g/mol. The molecule has 0 saturated heterocycles. The second kappa shape index (κ2) is 9.26. The maximum absolute atomic E-state index is 12.1. The van der Waals surface area contributed by atoms with Crippen molar-refractivity contribution in [3.05, 3.63) is 24.3 Å². The number of hydrogen-bond donors (Lipinski definition) is 3. The van der Waals surface area contributed by atoms with Crippen LogP contribution in [0.25, 0.3) is 0 Å². The van der Waals surface area contributed by atoms with E-state index in [2.05, 4.69) is 10.0 Å². The van der Waals surface area contributed by atoms with Gasteiger partial charge in [-0.3, -0.25) is 9.52 Å². The SMILES string of the molecule is CC(C)Oc1ccc(NS(=O)(=O)CC(=O)NC(CN)C2CC2)cc1.Cl. The number of hydrogen-bond acceptors (Lipinski definition) is 5. The van der Waals surface area contributed by atoms with Crippen molar-refractivity contribution in [2.45, 2.75) is 38.8 Å². The lowest BCUT2D eigenvalue weighted by Crippen LogP contribution is -2.44. The minimum absolute atomic E-state index is 0. The molecule has 1 aliphatic carbocycles. The minimum Gasteiger partial charge on any atom is -0.491 e. The molecule has 142 valence electrons. The van der Waals surface area contributed by atoms with Gasteiger partial charge < -0.3 is 15.8 Å². The molecule has 1 saturated carbocycles. The van der Waals surface area contributed by atoms with E-state index in [0.29, 0.717) is 23.9 Å². The Balaban J connectivity index is 0.00000312. The van der Waals surface area contributed by atoms with Crippen LogP contribution in [0.1, 0.15) is 26.7 Å². The Morgan fingerprint density at radius 3 is 2.36 bits per heavy atom. The Bertz CT molecular complexity index is 660. The molecule has 0 aromatic heterocycles. The first-order chi connectivity index (χ1) is 11.3. The molecule has 1 atom stereocenters. The maximum atomic E-state index is 12.1. The fourth-order valence-electron chi connectivity index (χ4n) is 2.38. The van der Waals surface area contributed by atoms with E-state index in [-0.39, 0.29) is 24.6 Å². The van der Waals surface area contributed by atoms with Gasteiger partial charge in [0.15, 0.2) is 0 Å². The predicted octanol–water partition coefficient (Wildman–Crippen LogP) is 1.49. The van der Waals surface area contributed by atoms with Crippen molar-refractivity contribution in [2.75, 3.05) is 17.0 Å². The third kappa shape index (κ3) is 7.50. The first kappa shape index (κ1) is 21.5. The Hall–Kier alpha value is -1.51. The molecule has 1 unspecified atom stereocenters. The largest absolute Gasteiger partial charge is 0.491 e. The summed E-state index contributed by atoms with van der Waals surface area (Å²) >= 11 is 0. The summed E-state index contributed by atoms with van der Waals surface area (Å²) in [7, 11) is -3.77. The van der Waals surface area contributed by atoms with E-state index in [1.165, 1.54) is 0 Å². The fourth-order valence-corrected chi connectivity index (χ4v) is 3.37. The summed E-state index contributed by atoms with van der Waals surface area (Å²) < 4.78 is 32.1. The number of rotatable bonds is 9. The van der Waals surface area contributed by atoms with Crippen LogP contribution in [0.5, 0.6) is 5.75 Å². The minimum atomic E-state index is -3.77. The van der Waals surface area contributed by atoms with Gasteiger partial charge in [0.25, 0.3) is 0 Å². The molecule has 1 aliphatic rings. The van der Waals surface area contributed by atoms with E-state index in [0.717, 1.165) is 12.8 Å². The summed E-state index contributed by atoms with van der Waals surface area (Å²) in [5.41, 5.74) is 5.99. The van der Waals surface area contributed by atoms with Crippen LogP contribution >= 0.6 is 12.4 Å². The molecule has 0 spiro atoms. The van der Waals surface area contributed by atoms with Crippen molar-refractivity contribution in [2.24, 2.45) is 11.7 Å². The molecule has 25 heavy (non-hydrogen) atoms. The normalized spacial score (nSPS) is 15.2. The van der Waals surface area contributed by atoms with Gasteiger partial charge in [-0.25, -0.2) is 8.42 Å². The lowest BCUT2D eigenvalue weighted by atomic mass is 10.2. The zero-order valence-electron chi connectivity index (χ0n) is 14.4. The average Bonchev–Trinajstić information content (AvgIpc) is 3.30. The lowest BCUT2D eigenvalue weighted by Gasteiger charge is -2.16. The highest BCUT2D eigenvalue weighted by molar-refractivity contribution is 7.93. The van der Waals surface area contributed by atoms with Crippen LogP contribution < -0.4 is 20.5 Å². The van der Waals surface area contributed by atoms with Crippen molar-refractivity contribution < 1.29 is 17.9 Å². The van der Waals surface area contributed by atoms with Gasteiger partial charge in [0.2, 0.25) is 15.9 Å². The maximum Gasteiger partial charge on any atom is 0.241 e. The molecule has 1 aromatic rings. The van der Waals surface area contributed by atoms with Gasteiger partial charge in [-0.2, -0.15) is 0 Å². The summed E-state index contributed by atoms with van der Waals surface area (Å²) in [6.07, 6.45) is 2.09. The van der Waals surface area contributed by atoms with E-state index in [4.69, 9.17) is 10.5 Å². The summed E-state index contributed by atoms with van der Waals surface area (Å²) in [4.78, 5) is 11.9. The monoisotopic (exact) mass is 391 g/mol. The second-order valence-corrected chi connectivity index (χ2v) is 8.02. The standard InChI is InChI=1S/C16H25N3O4S.ClH/c1-11(2)23-14-7-5-13(6-8-14)19-24(21,22)10-16(20)18-15(9-17)12-3-4-12;/h5-8,11-12,15,19H,3-4,9-10,17H2,1-2H3,(H,18,20);1H. The van der Waals surface area contributed by atoms with Crippen LogP contribution in [0.15, 0.2) is 24.3 Å². The third-order valence-corrected chi connectivity index (χ3v) is 4.80. The molecule has 1 fully saturated rings. The zero-order chi connectivity index (χ0) is 17.7.